The monoisotopic (exact) mass is 385 g/mol. The Morgan fingerprint density at radius 1 is 0.714 bits per heavy atom. The first-order valence-corrected chi connectivity index (χ1v) is 12.6. The van der Waals surface area contributed by atoms with E-state index < -0.39 is 8.80 Å². The molecule has 4 aromatic rings. The molecule has 0 amide bonds. The first kappa shape index (κ1) is 18.2. The van der Waals surface area contributed by atoms with Gasteiger partial charge in [0.2, 0.25) is 0 Å². The Bertz CT molecular complexity index is 1200. The summed E-state index contributed by atoms with van der Waals surface area (Å²) in [5, 5.41) is 9.39. The lowest BCUT2D eigenvalue weighted by atomic mass is 9.74. The fraction of sp³-hybridized carbons (Fsp3) is 0.333. The highest BCUT2D eigenvalue weighted by atomic mass is 28.3. The molecule has 1 aliphatic heterocycles. The zero-order valence-corrected chi connectivity index (χ0v) is 18.5. The number of hydrogen-bond acceptors (Lipinski definition) is 2. The average Bonchev–Trinajstić information content (AvgIpc) is 2.86. The van der Waals surface area contributed by atoms with Crippen LogP contribution in [0.2, 0.25) is 13.1 Å². The van der Waals surface area contributed by atoms with Crippen molar-refractivity contribution in [2.75, 3.05) is 0 Å². The zero-order chi connectivity index (χ0) is 19.8. The van der Waals surface area contributed by atoms with E-state index >= 15 is 0 Å². The van der Waals surface area contributed by atoms with E-state index in [1.807, 2.05) is 0 Å². The van der Waals surface area contributed by atoms with Gasteiger partial charge in [0.25, 0.3) is 0 Å². The molecule has 1 fully saturated rings. The second-order valence-electron chi connectivity index (χ2n) is 9.29. The minimum atomic E-state index is -0.653. The molecule has 2 nitrogen and oxygen atoms in total. The van der Waals surface area contributed by atoms with Gasteiger partial charge in [0.05, 0.1) is 20.0 Å². The lowest BCUT2D eigenvalue weighted by Crippen LogP contribution is -2.41. The maximum atomic E-state index is 6.50. The van der Waals surface area contributed by atoms with Crippen molar-refractivity contribution in [2.24, 2.45) is 0 Å². The van der Waals surface area contributed by atoms with Crippen molar-refractivity contribution in [3.05, 3.63) is 48.5 Å². The first-order chi connectivity index (χ1) is 13.2. The van der Waals surface area contributed by atoms with Gasteiger partial charge in [-0.2, -0.15) is 0 Å². The summed E-state index contributed by atoms with van der Waals surface area (Å²) >= 11 is 0. The first-order valence-electron chi connectivity index (χ1n) is 10.1. The Hall–Kier alpha value is -1.88. The van der Waals surface area contributed by atoms with Gasteiger partial charge in [-0.3, -0.25) is 0 Å². The number of hydrogen-bond donors (Lipinski definition) is 0. The van der Waals surface area contributed by atoms with Crippen molar-refractivity contribution in [1.82, 2.24) is 0 Å². The quantitative estimate of drug-likeness (QED) is 0.363. The smallest absolute Gasteiger partial charge is 0.399 e. The van der Waals surface area contributed by atoms with E-state index in [2.05, 4.69) is 89.3 Å². The zero-order valence-electron chi connectivity index (χ0n) is 17.5. The van der Waals surface area contributed by atoms with Crippen LogP contribution in [0.3, 0.4) is 0 Å². The molecule has 0 aromatic heterocycles. The molecule has 0 aliphatic carbocycles. The highest BCUT2D eigenvalue weighted by Gasteiger charge is 2.52. The van der Waals surface area contributed by atoms with Gasteiger partial charge in [-0.1, -0.05) is 66.8 Å². The van der Waals surface area contributed by atoms with Crippen molar-refractivity contribution in [3.8, 4) is 0 Å². The van der Waals surface area contributed by atoms with Gasteiger partial charge in [-0.25, -0.2) is 0 Å². The van der Waals surface area contributed by atoms with Gasteiger partial charge >= 0.3 is 7.12 Å². The Labute approximate surface area is 168 Å². The molecular weight excluding hydrogens is 359 g/mol. The fourth-order valence-corrected chi connectivity index (χ4v) is 5.64. The summed E-state index contributed by atoms with van der Waals surface area (Å²) < 4.78 is 13.0. The van der Waals surface area contributed by atoms with Crippen molar-refractivity contribution in [3.63, 3.8) is 0 Å². The largest absolute Gasteiger partial charge is 0.495 e. The molecule has 1 heterocycles. The van der Waals surface area contributed by atoms with Gasteiger partial charge in [0, 0.05) is 0 Å². The molecule has 28 heavy (non-hydrogen) atoms. The normalized spacial score (nSPS) is 18.9. The summed E-state index contributed by atoms with van der Waals surface area (Å²) in [4.78, 5) is 0. The summed E-state index contributed by atoms with van der Waals surface area (Å²) in [6, 6.07) is 18.0. The third kappa shape index (κ3) is 2.41. The maximum Gasteiger partial charge on any atom is 0.495 e. The van der Waals surface area contributed by atoms with Crippen LogP contribution in [-0.4, -0.2) is 27.1 Å². The Balaban J connectivity index is 1.91. The second kappa shape index (κ2) is 5.82. The summed E-state index contributed by atoms with van der Waals surface area (Å²) in [6.45, 7) is 13.2. The predicted octanol–water partition coefficient (Wildman–Crippen LogP) is 4.84. The van der Waals surface area contributed by atoms with Crippen LogP contribution in [-0.2, 0) is 9.31 Å². The molecule has 0 spiro atoms. The SMILES string of the molecule is C[Si](C)c1ccc2ccc3cccc4cc(B5OC(C)(C)C(C)(C)O5)c1c2c34. The summed E-state index contributed by atoms with van der Waals surface area (Å²) in [7, 11) is -1.00. The molecule has 4 heteroatoms. The molecule has 4 aromatic carbocycles. The third-order valence-corrected chi connectivity index (χ3v) is 8.20. The molecule has 0 N–H and O–H groups in total. The number of rotatable bonds is 2. The van der Waals surface area contributed by atoms with Crippen molar-refractivity contribution in [1.29, 1.82) is 0 Å². The van der Waals surface area contributed by atoms with Crippen LogP contribution in [0.5, 0.6) is 0 Å². The van der Waals surface area contributed by atoms with Crippen LogP contribution < -0.4 is 10.6 Å². The lowest BCUT2D eigenvalue weighted by molar-refractivity contribution is 0.00578. The minimum absolute atomic E-state index is 0.345. The Morgan fingerprint density at radius 2 is 1.29 bits per heavy atom. The topological polar surface area (TPSA) is 18.5 Å². The van der Waals surface area contributed by atoms with E-state index in [0.29, 0.717) is 0 Å². The molecular formula is C24H26BO2Si. The summed E-state index contributed by atoms with van der Waals surface area (Å²) in [5.41, 5.74) is 0.486. The molecule has 1 aliphatic rings. The van der Waals surface area contributed by atoms with Crippen LogP contribution in [0, 0.1) is 0 Å². The molecule has 1 radical (unpaired) electrons. The van der Waals surface area contributed by atoms with E-state index in [1.54, 1.807) is 0 Å². The van der Waals surface area contributed by atoms with Gasteiger partial charge in [0.1, 0.15) is 0 Å². The second-order valence-corrected chi connectivity index (χ2v) is 11.8. The van der Waals surface area contributed by atoms with E-state index in [4.69, 9.17) is 9.31 Å². The van der Waals surface area contributed by atoms with E-state index in [1.165, 1.54) is 43.0 Å². The third-order valence-electron chi connectivity index (χ3n) is 6.70. The predicted molar refractivity (Wildman–Crippen MR) is 123 cm³/mol. The Kier molecular flexibility index (Phi) is 3.78. The van der Waals surface area contributed by atoms with Crippen molar-refractivity contribution in [2.45, 2.75) is 52.0 Å². The van der Waals surface area contributed by atoms with Gasteiger partial charge in [-0.05, 0) is 65.5 Å². The fourth-order valence-electron chi connectivity index (χ4n) is 4.46. The highest BCUT2D eigenvalue weighted by molar-refractivity contribution is 6.76. The van der Waals surface area contributed by atoms with Crippen LogP contribution in [0.4, 0.5) is 0 Å². The van der Waals surface area contributed by atoms with Gasteiger partial charge in [-0.15, -0.1) is 0 Å². The van der Waals surface area contributed by atoms with Crippen LogP contribution in [0.25, 0.3) is 32.3 Å². The summed E-state index contributed by atoms with van der Waals surface area (Å²) in [6.07, 6.45) is 0. The minimum Gasteiger partial charge on any atom is -0.399 e. The number of benzene rings is 4. The van der Waals surface area contributed by atoms with Crippen LogP contribution in [0.15, 0.2) is 48.5 Å². The molecule has 0 atom stereocenters. The Morgan fingerprint density at radius 3 is 1.93 bits per heavy atom. The highest BCUT2D eigenvalue weighted by Crippen LogP contribution is 2.39. The van der Waals surface area contributed by atoms with E-state index in [0.717, 1.165) is 0 Å². The standard InChI is InChI=1S/C24H26BO2Si/c1-23(2)24(3,4)27-25(26-23)18-14-17-9-7-8-15-10-11-16-12-13-19(28(5)6)22(18)21(16)20(15)17/h7-14H,1-6H3. The molecule has 141 valence electrons. The van der Waals surface area contributed by atoms with E-state index in [9.17, 15) is 0 Å². The molecule has 0 unspecified atom stereocenters. The summed E-state index contributed by atoms with van der Waals surface area (Å²) in [5.74, 6) is 0. The van der Waals surface area contributed by atoms with Crippen LogP contribution >= 0.6 is 0 Å². The molecule has 0 bridgehead atoms. The molecule has 1 saturated heterocycles. The maximum absolute atomic E-state index is 6.50. The van der Waals surface area contributed by atoms with Crippen LogP contribution in [0.1, 0.15) is 27.7 Å². The average molecular weight is 385 g/mol. The van der Waals surface area contributed by atoms with Gasteiger partial charge in [0.15, 0.2) is 0 Å². The van der Waals surface area contributed by atoms with Crippen molar-refractivity contribution < 1.29 is 9.31 Å². The van der Waals surface area contributed by atoms with E-state index in [-0.39, 0.29) is 18.3 Å². The molecule has 5 rings (SSSR count). The van der Waals surface area contributed by atoms with Gasteiger partial charge < -0.3 is 9.31 Å². The lowest BCUT2D eigenvalue weighted by Gasteiger charge is -2.32. The van der Waals surface area contributed by atoms with Crippen molar-refractivity contribution >= 4 is 58.9 Å². The molecule has 0 saturated carbocycles.